The molecule has 0 aliphatic heterocycles. The molecule has 7 nitrogen and oxygen atoms in total. The van der Waals surface area contributed by atoms with Crippen LogP contribution in [-0.2, 0) is 6.54 Å². The van der Waals surface area contributed by atoms with Crippen LogP contribution in [0.5, 0.6) is 0 Å². The number of nitrogens with zero attached hydrogens (tertiary/aromatic N) is 1. The average Bonchev–Trinajstić information content (AvgIpc) is 2.90. The molecular formula is C13H17N5O2. The Bertz CT molecular complexity index is 590. The molecule has 0 aliphatic carbocycles. The number of aromatic amines is 2. The van der Waals surface area contributed by atoms with Gasteiger partial charge in [0.1, 0.15) is 5.69 Å². The fourth-order valence-corrected chi connectivity index (χ4v) is 1.70. The zero-order chi connectivity index (χ0) is 14.2. The van der Waals surface area contributed by atoms with Gasteiger partial charge in [0.2, 0.25) is 0 Å². The second kappa shape index (κ2) is 7.25. The summed E-state index contributed by atoms with van der Waals surface area (Å²) in [6.45, 7) is 2.10. The molecule has 0 aliphatic rings. The van der Waals surface area contributed by atoms with Crippen LogP contribution in [0.25, 0.3) is 0 Å². The Morgan fingerprint density at radius 1 is 1.35 bits per heavy atom. The topological polar surface area (TPSA) is 103 Å². The van der Waals surface area contributed by atoms with Gasteiger partial charge in [-0.3, -0.25) is 9.78 Å². The first-order valence-electron chi connectivity index (χ1n) is 6.41. The summed E-state index contributed by atoms with van der Waals surface area (Å²) in [5.41, 5.74) is 0.994. The number of carbonyl (C=O) groups excluding carboxylic acids is 1. The minimum atomic E-state index is -0.381. The predicted molar refractivity (Wildman–Crippen MR) is 74.3 cm³/mol. The van der Waals surface area contributed by atoms with Crippen LogP contribution >= 0.6 is 0 Å². The van der Waals surface area contributed by atoms with Gasteiger partial charge in [0.05, 0.1) is 0 Å². The van der Waals surface area contributed by atoms with Gasteiger partial charge < -0.3 is 20.6 Å². The number of rotatable bonds is 7. The van der Waals surface area contributed by atoms with Gasteiger partial charge in [-0.2, -0.15) is 0 Å². The van der Waals surface area contributed by atoms with Crippen LogP contribution in [0, 0.1) is 0 Å². The molecule has 0 saturated carbocycles. The van der Waals surface area contributed by atoms with Gasteiger partial charge in [-0.25, -0.2) is 4.79 Å². The summed E-state index contributed by atoms with van der Waals surface area (Å²) in [7, 11) is 0. The summed E-state index contributed by atoms with van der Waals surface area (Å²) in [6, 6.07) is 3.90. The number of pyridine rings is 1. The fourth-order valence-electron chi connectivity index (χ4n) is 1.70. The van der Waals surface area contributed by atoms with Crippen LogP contribution < -0.4 is 16.3 Å². The van der Waals surface area contributed by atoms with Gasteiger partial charge in [-0.1, -0.05) is 6.07 Å². The molecule has 0 saturated heterocycles. The predicted octanol–water partition coefficient (Wildman–Crippen LogP) is 0.00770. The zero-order valence-electron chi connectivity index (χ0n) is 11.0. The Morgan fingerprint density at radius 3 is 2.95 bits per heavy atom. The normalized spacial score (nSPS) is 10.4. The highest BCUT2D eigenvalue weighted by molar-refractivity contribution is 5.91. The summed E-state index contributed by atoms with van der Waals surface area (Å²) in [6.07, 6.45) is 5.72. The van der Waals surface area contributed by atoms with Crippen molar-refractivity contribution >= 4 is 5.91 Å². The first-order valence-corrected chi connectivity index (χ1v) is 6.41. The Morgan fingerprint density at radius 2 is 2.25 bits per heavy atom. The lowest BCUT2D eigenvalue weighted by Gasteiger charge is -2.05. The molecule has 0 unspecified atom stereocenters. The molecule has 4 N–H and O–H groups in total. The third-order valence-electron chi connectivity index (χ3n) is 2.71. The molecule has 2 aromatic heterocycles. The van der Waals surface area contributed by atoms with Crippen LogP contribution in [0.2, 0.25) is 0 Å². The average molecular weight is 275 g/mol. The number of H-pyrrole nitrogens is 2. The molecule has 0 fully saturated rings. The summed E-state index contributed by atoms with van der Waals surface area (Å²) in [5, 5.41) is 5.99. The second-order valence-corrected chi connectivity index (χ2v) is 4.30. The summed E-state index contributed by atoms with van der Waals surface area (Å²) < 4.78 is 0. The summed E-state index contributed by atoms with van der Waals surface area (Å²) >= 11 is 0. The Balaban J connectivity index is 1.58. The fraction of sp³-hybridized carbons (Fsp3) is 0.308. The van der Waals surface area contributed by atoms with Crippen molar-refractivity contribution in [1.29, 1.82) is 0 Å². The maximum atomic E-state index is 11.6. The molecule has 20 heavy (non-hydrogen) atoms. The van der Waals surface area contributed by atoms with Crippen LogP contribution in [0.4, 0.5) is 0 Å². The Hall–Kier alpha value is -2.41. The number of nitrogens with one attached hydrogen (secondary N) is 4. The molecule has 0 spiro atoms. The molecule has 2 rings (SSSR count). The molecule has 106 valence electrons. The maximum absolute atomic E-state index is 11.6. The molecule has 0 aromatic carbocycles. The third kappa shape index (κ3) is 4.36. The van der Waals surface area contributed by atoms with Crippen molar-refractivity contribution in [1.82, 2.24) is 25.6 Å². The van der Waals surface area contributed by atoms with Gasteiger partial charge in [0, 0.05) is 31.7 Å². The highest BCUT2D eigenvalue weighted by Gasteiger charge is 2.06. The zero-order valence-corrected chi connectivity index (χ0v) is 11.0. The maximum Gasteiger partial charge on any atom is 0.323 e. The highest BCUT2D eigenvalue weighted by Crippen LogP contribution is 1.94. The van der Waals surface area contributed by atoms with Crippen LogP contribution in [0.1, 0.15) is 22.5 Å². The van der Waals surface area contributed by atoms with Gasteiger partial charge >= 0.3 is 5.69 Å². The SMILES string of the molecule is O=C(NCCCNCc1cccnc1)c1c[nH]c(=O)[nH]1. The van der Waals surface area contributed by atoms with Crippen molar-refractivity contribution in [3.8, 4) is 0 Å². The van der Waals surface area contributed by atoms with E-state index in [4.69, 9.17) is 0 Å². The van der Waals surface area contributed by atoms with E-state index < -0.39 is 0 Å². The second-order valence-electron chi connectivity index (χ2n) is 4.30. The molecule has 0 atom stereocenters. The van der Waals surface area contributed by atoms with E-state index in [0.29, 0.717) is 6.54 Å². The van der Waals surface area contributed by atoms with Crippen LogP contribution in [0.15, 0.2) is 35.5 Å². The van der Waals surface area contributed by atoms with E-state index in [1.807, 2.05) is 18.3 Å². The molecule has 0 radical (unpaired) electrons. The molecule has 0 bridgehead atoms. The van der Waals surface area contributed by atoms with E-state index in [-0.39, 0.29) is 17.3 Å². The van der Waals surface area contributed by atoms with Gasteiger partial charge in [-0.05, 0) is 24.6 Å². The largest absolute Gasteiger partial charge is 0.351 e. The quantitative estimate of drug-likeness (QED) is 0.534. The Kier molecular flexibility index (Phi) is 5.08. The van der Waals surface area contributed by atoms with Crippen molar-refractivity contribution in [2.45, 2.75) is 13.0 Å². The van der Waals surface area contributed by atoms with E-state index in [1.54, 1.807) is 6.20 Å². The summed E-state index contributed by atoms with van der Waals surface area (Å²) in [4.78, 5) is 31.2. The number of aromatic nitrogens is 3. The third-order valence-corrected chi connectivity index (χ3v) is 2.71. The minimum Gasteiger partial charge on any atom is -0.351 e. The smallest absolute Gasteiger partial charge is 0.323 e. The molecule has 2 heterocycles. The molecule has 7 heteroatoms. The highest BCUT2D eigenvalue weighted by atomic mass is 16.2. The summed E-state index contributed by atoms with van der Waals surface area (Å²) in [5.74, 6) is -0.282. The molecule has 2 aromatic rings. The molecule has 1 amide bonds. The first kappa shape index (κ1) is 14.0. The minimum absolute atomic E-state index is 0.248. The van der Waals surface area contributed by atoms with E-state index in [0.717, 1.165) is 25.1 Å². The van der Waals surface area contributed by atoms with Crippen molar-refractivity contribution in [2.24, 2.45) is 0 Å². The van der Waals surface area contributed by atoms with Crippen LogP contribution in [0.3, 0.4) is 0 Å². The van der Waals surface area contributed by atoms with Gasteiger partial charge in [0.25, 0.3) is 5.91 Å². The molecular weight excluding hydrogens is 258 g/mol. The van der Waals surface area contributed by atoms with E-state index in [1.165, 1.54) is 6.20 Å². The standard InChI is InChI=1S/C13H17N5O2/c19-12(11-9-17-13(20)18-11)16-6-2-5-15-8-10-3-1-4-14-7-10/h1,3-4,7,9,15H,2,5-6,8H2,(H,16,19)(H2,17,18,20). The number of amides is 1. The number of carbonyl (C=O) groups is 1. The lowest BCUT2D eigenvalue weighted by molar-refractivity contribution is 0.0948. The van der Waals surface area contributed by atoms with Crippen molar-refractivity contribution < 1.29 is 4.79 Å². The van der Waals surface area contributed by atoms with E-state index in [2.05, 4.69) is 25.6 Å². The van der Waals surface area contributed by atoms with Crippen molar-refractivity contribution in [3.63, 3.8) is 0 Å². The lowest BCUT2D eigenvalue weighted by Crippen LogP contribution is -2.27. The van der Waals surface area contributed by atoms with Crippen molar-refractivity contribution in [2.75, 3.05) is 13.1 Å². The number of hydrogen-bond donors (Lipinski definition) is 4. The van der Waals surface area contributed by atoms with Crippen LogP contribution in [-0.4, -0.2) is 33.9 Å². The van der Waals surface area contributed by atoms with Gasteiger partial charge in [-0.15, -0.1) is 0 Å². The van der Waals surface area contributed by atoms with Gasteiger partial charge in [0.15, 0.2) is 0 Å². The van der Waals surface area contributed by atoms with E-state index in [9.17, 15) is 9.59 Å². The lowest BCUT2D eigenvalue weighted by atomic mass is 10.3. The van der Waals surface area contributed by atoms with E-state index >= 15 is 0 Å². The first-order chi connectivity index (χ1) is 9.75. The van der Waals surface area contributed by atoms with Crippen molar-refractivity contribution in [3.05, 3.63) is 52.5 Å². The number of hydrogen-bond acceptors (Lipinski definition) is 4. The Labute approximate surface area is 115 Å². The monoisotopic (exact) mass is 275 g/mol. The number of imidazole rings is 1.